The highest BCUT2D eigenvalue weighted by Crippen LogP contribution is 2.00. The van der Waals surface area contributed by atoms with Gasteiger partial charge in [-0.25, -0.2) is 0 Å². The minimum absolute atomic E-state index is 0.00838. The molecular weight excluding hydrogens is 184 g/mol. The molecule has 6 heteroatoms. The van der Waals surface area contributed by atoms with Crippen LogP contribution in [0, 0.1) is 28.6 Å². The summed E-state index contributed by atoms with van der Waals surface area (Å²) in [6.07, 6.45) is 0. The van der Waals surface area contributed by atoms with Crippen molar-refractivity contribution in [2.45, 2.75) is 0 Å². The Hall–Kier alpha value is -1.79. The van der Waals surface area contributed by atoms with Crippen LogP contribution in [0.2, 0.25) is 0 Å². The molecule has 14 heavy (non-hydrogen) atoms. The molecule has 6 nitrogen and oxygen atoms in total. The van der Waals surface area contributed by atoms with Crippen molar-refractivity contribution in [2.24, 2.45) is 11.0 Å². The van der Waals surface area contributed by atoms with Crippen LogP contribution in [-0.4, -0.2) is 43.3 Å². The Kier molecular flexibility index (Phi) is 5.84. The first-order valence-corrected chi connectivity index (χ1v) is 3.94. The number of hydrogen-bond acceptors (Lipinski definition) is 6. The van der Waals surface area contributed by atoms with Crippen LogP contribution in [0.15, 0.2) is 5.10 Å². The van der Waals surface area contributed by atoms with Gasteiger partial charge in [0, 0.05) is 14.1 Å². The Labute approximate surface area is 82.6 Å². The summed E-state index contributed by atoms with van der Waals surface area (Å²) in [5.41, 5.74) is 0. The molecule has 0 saturated carbocycles. The van der Waals surface area contributed by atoms with Crippen LogP contribution in [0.4, 0.5) is 0 Å². The van der Waals surface area contributed by atoms with Crippen molar-refractivity contribution in [1.82, 2.24) is 5.01 Å². The Balaban J connectivity index is 4.57. The second kappa shape index (κ2) is 6.70. The van der Waals surface area contributed by atoms with Crippen molar-refractivity contribution in [3.05, 3.63) is 0 Å². The van der Waals surface area contributed by atoms with Crippen molar-refractivity contribution in [3.63, 3.8) is 0 Å². The molecule has 0 saturated heterocycles. The van der Waals surface area contributed by atoms with Gasteiger partial charge in [-0.1, -0.05) is 0 Å². The molecule has 0 amide bonds. The van der Waals surface area contributed by atoms with Crippen molar-refractivity contribution >= 4 is 5.90 Å². The Morgan fingerprint density at radius 1 is 1.50 bits per heavy atom. The summed E-state index contributed by atoms with van der Waals surface area (Å²) in [6.45, 7) is -0.164. The van der Waals surface area contributed by atoms with Crippen molar-refractivity contribution in [3.8, 4) is 12.1 Å². The Morgan fingerprint density at radius 2 is 2.07 bits per heavy atom. The highest BCUT2D eigenvalue weighted by atomic mass is 16.5. The van der Waals surface area contributed by atoms with E-state index in [1.54, 1.807) is 26.2 Å². The Morgan fingerprint density at radius 3 is 2.43 bits per heavy atom. The summed E-state index contributed by atoms with van der Waals surface area (Å²) in [4.78, 5) is 0. The lowest BCUT2D eigenvalue weighted by Gasteiger charge is -2.11. The molecule has 0 heterocycles. The third kappa shape index (κ3) is 4.29. The van der Waals surface area contributed by atoms with E-state index in [2.05, 4.69) is 5.10 Å². The van der Waals surface area contributed by atoms with Crippen LogP contribution >= 0.6 is 0 Å². The van der Waals surface area contributed by atoms with Gasteiger partial charge in [-0.05, 0) is 0 Å². The van der Waals surface area contributed by atoms with Crippen LogP contribution in [0.3, 0.4) is 0 Å². The maximum atomic E-state index is 8.59. The highest BCUT2D eigenvalue weighted by molar-refractivity contribution is 5.83. The molecule has 0 aliphatic carbocycles. The molecule has 1 N–H and O–H groups in total. The summed E-state index contributed by atoms with van der Waals surface area (Å²) in [5.74, 6) is -1.03. The zero-order chi connectivity index (χ0) is 11.0. The standard InChI is InChI=1S/C8H12N4O2/c1-12(2)11-8(14-4-3-13)7(5-9)6-10/h7,13H,3-4H2,1-2H3/b11-8-. The summed E-state index contributed by atoms with van der Waals surface area (Å²) in [6, 6.07) is 3.48. The molecule has 0 aromatic rings. The third-order valence-corrected chi connectivity index (χ3v) is 1.14. The van der Waals surface area contributed by atoms with Crippen molar-refractivity contribution in [2.75, 3.05) is 27.3 Å². The zero-order valence-electron chi connectivity index (χ0n) is 8.14. The third-order valence-electron chi connectivity index (χ3n) is 1.14. The topological polar surface area (TPSA) is 92.6 Å². The fourth-order valence-electron chi connectivity index (χ4n) is 0.657. The van der Waals surface area contributed by atoms with Gasteiger partial charge in [-0.3, -0.25) is 5.01 Å². The van der Waals surface area contributed by atoms with E-state index >= 15 is 0 Å². The SMILES string of the molecule is CN(C)/N=C(\OCCO)C(C#N)C#N. The first-order valence-electron chi connectivity index (χ1n) is 3.94. The van der Waals surface area contributed by atoms with Crippen molar-refractivity contribution < 1.29 is 9.84 Å². The smallest absolute Gasteiger partial charge is 0.238 e. The van der Waals surface area contributed by atoms with Gasteiger partial charge in [0.2, 0.25) is 11.8 Å². The van der Waals surface area contributed by atoms with Crippen molar-refractivity contribution in [1.29, 1.82) is 10.5 Å². The molecule has 0 aromatic heterocycles. The maximum absolute atomic E-state index is 8.59. The number of nitriles is 2. The minimum atomic E-state index is -1.04. The average Bonchev–Trinajstić information content (AvgIpc) is 2.15. The fourth-order valence-corrected chi connectivity index (χ4v) is 0.657. The summed E-state index contributed by atoms with van der Waals surface area (Å²) in [5, 5.41) is 31.0. The summed E-state index contributed by atoms with van der Waals surface area (Å²) < 4.78 is 4.96. The molecule has 0 fully saturated rings. The largest absolute Gasteiger partial charge is 0.476 e. The quantitative estimate of drug-likeness (QED) is 0.373. The molecule has 0 rings (SSSR count). The number of hydrazone groups is 1. The Bertz CT molecular complexity index is 260. The van der Waals surface area contributed by atoms with Crippen LogP contribution in [0.25, 0.3) is 0 Å². The number of ether oxygens (including phenoxy) is 1. The lowest BCUT2D eigenvalue weighted by molar-refractivity contribution is 0.185. The van der Waals surface area contributed by atoms with Gasteiger partial charge in [0.05, 0.1) is 18.7 Å². The molecule has 0 bridgehead atoms. The molecular formula is C8H12N4O2. The monoisotopic (exact) mass is 196 g/mol. The number of rotatable bonds is 4. The lowest BCUT2D eigenvalue weighted by atomic mass is 10.2. The van der Waals surface area contributed by atoms with Crippen LogP contribution in [0.1, 0.15) is 0 Å². The molecule has 0 radical (unpaired) electrons. The van der Waals surface area contributed by atoms with E-state index in [1.165, 1.54) is 5.01 Å². The van der Waals surface area contributed by atoms with E-state index in [-0.39, 0.29) is 19.1 Å². The number of aliphatic hydroxyl groups is 1. The second-order valence-electron chi connectivity index (χ2n) is 2.55. The fraction of sp³-hybridized carbons (Fsp3) is 0.625. The van der Waals surface area contributed by atoms with Gasteiger partial charge in [0.25, 0.3) is 0 Å². The number of hydrogen-bond donors (Lipinski definition) is 1. The van der Waals surface area contributed by atoms with Gasteiger partial charge >= 0.3 is 0 Å². The van der Waals surface area contributed by atoms with E-state index in [0.29, 0.717) is 0 Å². The van der Waals surface area contributed by atoms with Crippen LogP contribution in [0.5, 0.6) is 0 Å². The van der Waals surface area contributed by atoms with E-state index in [4.69, 9.17) is 20.4 Å². The van der Waals surface area contributed by atoms with E-state index in [1.807, 2.05) is 0 Å². The molecule has 0 aliphatic rings. The molecule has 0 aliphatic heterocycles. The van der Waals surface area contributed by atoms with Gasteiger partial charge in [-0.15, -0.1) is 5.10 Å². The highest BCUT2D eigenvalue weighted by Gasteiger charge is 2.16. The van der Waals surface area contributed by atoms with Crippen LogP contribution < -0.4 is 0 Å². The lowest BCUT2D eigenvalue weighted by Crippen LogP contribution is -2.20. The predicted octanol–water partition coefficient (Wildman–Crippen LogP) is -0.466. The van der Waals surface area contributed by atoms with Gasteiger partial charge < -0.3 is 9.84 Å². The molecule has 0 unspecified atom stereocenters. The predicted molar refractivity (Wildman–Crippen MR) is 48.9 cm³/mol. The second-order valence-corrected chi connectivity index (χ2v) is 2.55. The van der Waals surface area contributed by atoms with E-state index in [0.717, 1.165) is 0 Å². The zero-order valence-corrected chi connectivity index (χ0v) is 8.14. The van der Waals surface area contributed by atoms with Gasteiger partial charge in [-0.2, -0.15) is 10.5 Å². The normalized spacial score (nSPS) is 10.6. The maximum Gasteiger partial charge on any atom is 0.238 e. The molecule has 0 aromatic carbocycles. The molecule has 0 spiro atoms. The number of aliphatic hydroxyl groups excluding tert-OH is 1. The van der Waals surface area contributed by atoms with Gasteiger partial charge in [0.15, 0.2) is 0 Å². The molecule has 0 atom stereocenters. The van der Waals surface area contributed by atoms with E-state index in [9.17, 15) is 0 Å². The molecule has 76 valence electrons. The first-order chi connectivity index (χ1) is 6.65. The summed E-state index contributed by atoms with van der Waals surface area (Å²) >= 11 is 0. The minimum Gasteiger partial charge on any atom is -0.476 e. The van der Waals surface area contributed by atoms with Gasteiger partial charge in [0.1, 0.15) is 6.61 Å². The summed E-state index contributed by atoms with van der Waals surface area (Å²) in [7, 11) is 3.29. The first kappa shape index (κ1) is 12.2. The number of nitrogens with zero attached hydrogens (tertiary/aromatic N) is 4. The van der Waals surface area contributed by atoms with E-state index < -0.39 is 5.92 Å². The average molecular weight is 196 g/mol. The van der Waals surface area contributed by atoms with Crippen LogP contribution in [-0.2, 0) is 4.74 Å².